The summed E-state index contributed by atoms with van der Waals surface area (Å²) in [5.74, 6) is -0.478. The van der Waals surface area contributed by atoms with Crippen LogP contribution in [0.3, 0.4) is 0 Å². The SMILES string of the molecule is CC1=C(C(=O)OC(C)C)[C@H](c2ccccc2)N2C(CC(=O)NCCc3ccccn3)=CSC2=N1. The molecule has 0 saturated carbocycles. The number of carbonyl (C=O) groups is 2. The average Bonchev–Trinajstić information content (AvgIpc) is 3.20. The number of aliphatic imine (C=N–C) groups is 1. The third-order valence-corrected chi connectivity index (χ3v) is 6.34. The number of nitrogens with zero attached hydrogens (tertiary/aromatic N) is 3. The molecular weight excluding hydrogens is 448 g/mol. The maximum absolute atomic E-state index is 13.1. The number of aromatic nitrogens is 1. The van der Waals surface area contributed by atoms with Crippen molar-refractivity contribution in [1.82, 2.24) is 15.2 Å². The van der Waals surface area contributed by atoms with Gasteiger partial charge in [0, 0.05) is 30.6 Å². The van der Waals surface area contributed by atoms with Gasteiger partial charge in [-0.25, -0.2) is 9.79 Å². The smallest absolute Gasteiger partial charge is 0.338 e. The third kappa shape index (κ3) is 5.39. The van der Waals surface area contributed by atoms with E-state index in [9.17, 15) is 9.59 Å². The van der Waals surface area contributed by atoms with Crippen molar-refractivity contribution in [3.63, 3.8) is 0 Å². The van der Waals surface area contributed by atoms with Crippen LogP contribution >= 0.6 is 11.8 Å². The summed E-state index contributed by atoms with van der Waals surface area (Å²) in [6.07, 6.45) is 2.35. The molecule has 3 heterocycles. The molecule has 176 valence electrons. The Balaban J connectivity index is 1.54. The van der Waals surface area contributed by atoms with Crippen LogP contribution in [-0.2, 0) is 20.7 Å². The summed E-state index contributed by atoms with van der Waals surface area (Å²) < 4.78 is 5.57. The number of pyridine rings is 1. The number of carbonyl (C=O) groups excluding carboxylic acids is 2. The Morgan fingerprint density at radius 3 is 2.62 bits per heavy atom. The van der Waals surface area contributed by atoms with E-state index >= 15 is 0 Å². The zero-order valence-electron chi connectivity index (χ0n) is 19.5. The lowest BCUT2D eigenvalue weighted by molar-refractivity contribution is -0.143. The zero-order valence-corrected chi connectivity index (χ0v) is 20.3. The lowest BCUT2D eigenvalue weighted by atomic mass is 9.94. The number of esters is 1. The molecule has 0 saturated heterocycles. The van der Waals surface area contributed by atoms with Gasteiger partial charge in [0.1, 0.15) is 0 Å². The zero-order chi connectivity index (χ0) is 24.1. The first-order valence-electron chi connectivity index (χ1n) is 11.3. The van der Waals surface area contributed by atoms with E-state index in [1.807, 2.05) is 79.6 Å². The van der Waals surface area contributed by atoms with Crippen LogP contribution in [0.5, 0.6) is 0 Å². The number of hydrogen-bond acceptors (Lipinski definition) is 7. The van der Waals surface area contributed by atoms with Crippen LogP contribution in [0.2, 0.25) is 0 Å². The van der Waals surface area contributed by atoms with Gasteiger partial charge in [-0.15, -0.1) is 0 Å². The topological polar surface area (TPSA) is 83.9 Å². The molecule has 0 spiro atoms. The lowest BCUT2D eigenvalue weighted by Crippen LogP contribution is -2.38. The van der Waals surface area contributed by atoms with E-state index < -0.39 is 6.04 Å². The monoisotopic (exact) mass is 476 g/mol. The number of amidine groups is 1. The van der Waals surface area contributed by atoms with Crippen molar-refractivity contribution in [2.24, 2.45) is 4.99 Å². The molecule has 0 fully saturated rings. The van der Waals surface area contributed by atoms with Gasteiger partial charge in [0.2, 0.25) is 5.91 Å². The third-order valence-electron chi connectivity index (χ3n) is 5.45. The number of thioether (sulfide) groups is 1. The van der Waals surface area contributed by atoms with E-state index in [-0.39, 0.29) is 24.4 Å². The molecule has 1 amide bonds. The summed E-state index contributed by atoms with van der Waals surface area (Å²) in [4.78, 5) is 36.8. The Morgan fingerprint density at radius 2 is 1.91 bits per heavy atom. The largest absolute Gasteiger partial charge is 0.459 e. The minimum absolute atomic E-state index is 0.0894. The fourth-order valence-electron chi connectivity index (χ4n) is 3.96. The number of benzene rings is 1. The molecule has 0 aliphatic carbocycles. The summed E-state index contributed by atoms with van der Waals surface area (Å²) >= 11 is 1.46. The maximum atomic E-state index is 13.1. The van der Waals surface area contributed by atoms with Gasteiger partial charge < -0.3 is 15.0 Å². The van der Waals surface area contributed by atoms with Gasteiger partial charge in [-0.2, -0.15) is 0 Å². The van der Waals surface area contributed by atoms with E-state index in [1.54, 1.807) is 6.20 Å². The first-order valence-corrected chi connectivity index (χ1v) is 12.2. The quantitative estimate of drug-likeness (QED) is 0.570. The minimum atomic E-state index is -0.414. The molecule has 0 unspecified atom stereocenters. The minimum Gasteiger partial charge on any atom is -0.459 e. The molecule has 1 N–H and O–H groups in total. The van der Waals surface area contributed by atoms with Gasteiger partial charge in [0.15, 0.2) is 5.17 Å². The molecule has 4 rings (SSSR count). The normalized spacial score (nSPS) is 17.3. The van der Waals surface area contributed by atoms with Crippen LogP contribution in [0.4, 0.5) is 0 Å². The predicted molar refractivity (Wildman–Crippen MR) is 134 cm³/mol. The number of nitrogens with one attached hydrogen (secondary N) is 1. The van der Waals surface area contributed by atoms with Crippen LogP contribution in [0.25, 0.3) is 0 Å². The highest BCUT2D eigenvalue weighted by molar-refractivity contribution is 8.16. The molecule has 1 aromatic heterocycles. The summed E-state index contributed by atoms with van der Waals surface area (Å²) in [7, 11) is 0. The van der Waals surface area contributed by atoms with Crippen LogP contribution in [-0.4, -0.2) is 39.6 Å². The van der Waals surface area contributed by atoms with E-state index in [2.05, 4.69) is 15.3 Å². The highest BCUT2D eigenvalue weighted by Crippen LogP contribution is 2.44. The van der Waals surface area contributed by atoms with Crippen molar-refractivity contribution in [2.45, 2.75) is 45.8 Å². The van der Waals surface area contributed by atoms with E-state index in [0.29, 0.717) is 24.2 Å². The molecule has 34 heavy (non-hydrogen) atoms. The number of fused-ring (bicyclic) bond motifs is 1. The van der Waals surface area contributed by atoms with Crippen molar-refractivity contribution in [3.8, 4) is 0 Å². The van der Waals surface area contributed by atoms with Crippen molar-refractivity contribution in [2.75, 3.05) is 6.54 Å². The van der Waals surface area contributed by atoms with Gasteiger partial charge in [-0.05, 0) is 43.9 Å². The number of hydrogen-bond donors (Lipinski definition) is 1. The first-order chi connectivity index (χ1) is 16.4. The van der Waals surface area contributed by atoms with Crippen molar-refractivity contribution in [3.05, 3.63) is 88.4 Å². The fourth-order valence-corrected chi connectivity index (χ4v) is 4.93. The van der Waals surface area contributed by atoms with Crippen molar-refractivity contribution < 1.29 is 14.3 Å². The summed E-state index contributed by atoms with van der Waals surface area (Å²) in [6, 6.07) is 15.1. The number of ether oxygens (including phenoxy) is 1. The van der Waals surface area contributed by atoms with Gasteiger partial charge in [-0.3, -0.25) is 9.78 Å². The molecule has 1 aromatic carbocycles. The van der Waals surface area contributed by atoms with Gasteiger partial charge in [0.05, 0.1) is 29.8 Å². The molecule has 7 nitrogen and oxygen atoms in total. The van der Waals surface area contributed by atoms with Crippen LogP contribution in [0.1, 0.15) is 44.5 Å². The van der Waals surface area contributed by atoms with Gasteiger partial charge in [-0.1, -0.05) is 48.2 Å². The Kier molecular flexibility index (Phi) is 7.47. The van der Waals surface area contributed by atoms with E-state index in [1.165, 1.54) is 11.8 Å². The summed E-state index contributed by atoms with van der Waals surface area (Å²) in [6.45, 7) is 5.99. The fraction of sp³-hybridized carbons (Fsp3) is 0.308. The summed E-state index contributed by atoms with van der Waals surface area (Å²) in [5.41, 5.74) is 3.80. The molecule has 2 aromatic rings. The number of allylic oxidation sites excluding steroid dienone is 1. The van der Waals surface area contributed by atoms with Crippen LogP contribution in [0.15, 0.2) is 82.1 Å². The molecule has 2 aliphatic heterocycles. The second-order valence-electron chi connectivity index (χ2n) is 8.36. The molecule has 2 aliphatic rings. The standard InChI is InChI=1S/C26H28N4O3S/c1-17(2)33-25(32)23-18(3)29-26-30(24(23)19-9-5-4-6-10-19)21(16-34-26)15-22(31)28-14-12-20-11-7-8-13-27-20/h4-11,13,16-17,24H,12,14-15H2,1-3H3,(H,28,31)/t24-/m0/s1. The molecular formula is C26H28N4O3S. The predicted octanol–water partition coefficient (Wildman–Crippen LogP) is 4.36. The second-order valence-corrected chi connectivity index (χ2v) is 9.19. The van der Waals surface area contributed by atoms with Crippen LogP contribution in [0, 0.1) is 0 Å². The van der Waals surface area contributed by atoms with E-state index in [0.717, 1.165) is 22.1 Å². The molecule has 1 atom stereocenters. The van der Waals surface area contributed by atoms with Gasteiger partial charge >= 0.3 is 5.97 Å². The first kappa shape index (κ1) is 23.8. The number of amides is 1. The Labute approximate surface area is 204 Å². The van der Waals surface area contributed by atoms with Crippen molar-refractivity contribution in [1.29, 1.82) is 0 Å². The molecule has 8 heteroatoms. The Morgan fingerprint density at radius 1 is 1.15 bits per heavy atom. The highest BCUT2D eigenvalue weighted by Gasteiger charge is 2.41. The highest BCUT2D eigenvalue weighted by atomic mass is 32.2. The second kappa shape index (κ2) is 10.7. The van der Waals surface area contributed by atoms with Crippen molar-refractivity contribution >= 4 is 28.8 Å². The maximum Gasteiger partial charge on any atom is 0.338 e. The molecule has 0 bridgehead atoms. The van der Waals surface area contributed by atoms with Crippen LogP contribution < -0.4 is 5.32 Å². The molecule has 0 radical (unpaired) electrons. The number of rotatable bonds is 8. The Hall–Kier alpha value is -3.39. The summed E-state index contributed by atoms with van der Waals surface area (Å²) in [5, 5.41) is 5.67. The van der Waals surface area contributed by atoms with Gasteiger partial charge in [0.25, 0.3) is 0 Å². The Bertz CT molecular complexity index is 1140. The van der Waals surface area contributed by atoms with E-state index in [4.69, 9.17) is 4.74 Å². The lowest BCUT2D eigenvalue weighted by Gasteiger charge is -2.36. The average molecular weight is 477 g/mol.